The van der Waals surface area contributed by atoms with Gasteiger partial charge in [0.05, 0.1) is 0 Å². The van der Waals surface area contributed by atoms with Crippen molar-refractivity contribution in [1.29, 1.82) is 0 Å². The van der Waals surface area contributed by atoms with Crippen molar-refractivity contribution in [1.82, 2.24) is 4.98 Å². The predicted octanol–water partition coefficient (Wildman–Crippen LogP) is 3.10. The molecule has 0 aliphatic rings. The van der Waals surface area contributed by atoms with Crippen LogP contribution in [0.5, 0.6) is 0 Å². The Kier molecular flexibility index (Phi) is 4.28. The van der Waals surface area contributed by atoms with Crippen LogP contribution in [0.3, 0.4) is 0 Å². The fourth-order valence-corrected chi connectivity index (χ4v) is 1.94. The Balaban J connectivity index is 1.79. The average Bonchev–Trinajstić information content (AvgIpc) is 2.41. The van der Waals surface area contributed by atoms with E-state index in [-0.39, 0.29) is 6.04 Å². The van der Waals surface area contributed by atoms with Crippen molar-refractivity contribution in [3.05, 3.63) is 66.0 Å². The molecule has 0 spiro atoms. The van der Waals surface area contributed by atoms with Crippen LogP contribution in [0.2, 0.25) is 0 Å². The van der Waals surface area contributed by atoms with Crippen molar-refractivity contribution in [2.24, 2.45) is 5.73 Å². The van der Waals surface area contributed by atoms with Crippen LogP contribution in [-0.2, 0) is 6.42 Å². The van der Waals surface area contributed by atoms with Crippen LogP contribution in [0.4, 0.5) is 0 Å². The van der Waals surface area contributed by atoms with Gasteiger partial charge in [0.1, 0.15) is 0 Å². The molecule has 1 aromatic carbocycles. The third kappa shape index (κ3) is 3.68. The molecule has 0 bridgehead atoms. The van der Waals surface area contributed by atoms with E-state index in [1.807, 2.05) is 30.5 Å². The first-order chi connectivity index (χ1) is 8.36. The van der Waals surface area contributed by atoms with E-state index >= 15 is 0 Å². The van der Waals surface area contributed by atoms with Gasteiger partial charge in [-0.1, -0.05) is 36.4 Å². The van der Waals surface area contributed by atoms with Crippen LogP contribution in [0.25, 0.3) is 0 Å². The zero-order chi connectivity index (χ0) is 11.9. The van der Waals surface area contributed by atoms with Gasteiger partial charge in [-0.3, -0.25) is 4.98 Å². The standard InChI is InChI=1S/C15H18N2/c16-15(14-8-2-1-3-9-14)10-4-6-13-7-5-11-17-12-13/h1-3,5,7-9,11-12,15H,4,6,10,16H2. The van der Waals surface area contributed by atoms with Gasteiger partial charge in [0.25, 0.3) is 0 Å². The van der Waals surface area contributed by atoms with E-state index in [4.69, 9.17) is 5.73 Å². The highest BCUT2D eigenvalue weighted by atomic mass is 14.6. The van der Waals surface area contributed by atoms with Crippen molar-refractivity contribution in [2.75, 3.05) is 0 Å². The molecule has 0 amide bonds. The third-order valence-corrected chi connectivity index (χ3v) is 2.93. The van der Waals surface area contributed by atoms with Crippen molar-refractivity contribution in [2.45, 2.75) is 25.3 Å². The summed E-state index contributed by atoms with van der Waals surface area (Å²) in [5.74, 6) is 0. The molecule has 88 valence electrons. The molecule has 1 atom stereocenters. The van der Waals surface area contributed by atoms with Gasteiger partial charge in [0.15, 0.2) is 0 Å². The maximum Gasteiger partial charge on any atom is 0.0299 e. The lowest BCUT2D eigenvalue weighted by atomic mass is 10.0. The summed E-state index contributed by atoms with van der Waals surface area (Å²) in [5.41, 5.74) is 8.65. The summed E-state index contributed by atoms with van der Waals surface area (Å²) in [4.78, 5) is 4.11. The van der Waals surface area contributed by atoms with E-state index < -0.39 is 0 Å². The molecule has 2 aromatic rings. The Labute approximate surface area is 103 Å². The monoisotopic (exact) mass is 226 g/mol. The zero-order valence-electron chi connectivity index (χ0n) is 9.92. The van der Waals surface area contributed by atoms with Crippen molar-refractivity contribution < 1.29 is 0 Å². The molecule has 17 heavy (non-hydrogen) atoms. The molecule has 1 unspecified atom stereocenters. The summed E-state index contributed by atoms with van der Waals surface area (Å²) in [6.07, 6.45) is 6.89. The highest BCUT2D eigenvalue weighted by Gasteiger charge is 2.04. The normalized spacial score (nSPS) is 12.3. The van der Waals surface area contributed by atoms with Gasteiger partial charge in [0, 0.05) is 18.4 Å². The molecular weight excluding hydrogens is 208 g/mol. The van der Waals surface area contributed by atoms with Gasteiger partial charge >= 0.3 is 0 Å². The molecule has 2 N–H and O–H groups in total. The number of hydrogen-bond donors (Lipinski definition) is 1. The van der Waals surface area contributed by atoms with Gasteiger partial charge < -0.3 is 5.73 Å². The summed E-state index contributed by atoms with van der Waals surface area (Å²) in [6, 6.07) is 14.5. The van der Waals surface area contributed by atoms with Crippen LogP contribution in [0.15, 0.2) is 54.9 Å². The highest BCUT2D eigenvalue weighted by molar-refractivity contribution is 5.18. The van der Waals surface area contributed by atoms with E-state index in [0.717, 1.165) is 19.3 Å². The molecule has 0 aliphatic heterocycles. The minimum atomic E-state index is 0.146. The van der Waals surface area contributed by atoms with E-state index in [1.165, 1.54) is 11.1 Å². The Morgan fingerprint density at radius 2 is 1.88 bits per heavy atom. The van der Waals surface area contributed by atoms with Gasteiger partial charge in [0.2, 0.25) is 0 Å². The minimum absolute atomic E-state index is 0.146. The van der Waals surface area contributed by atoms with Crippen LogP contribution in [-0.4, -0.2) is 4.98 Å². The Hall–Kier alpha value is -1.67. The van der Waals surface area contributed by atoms with E-state index in [2.05, 4.69) is 23.2 Å². The van der Waals surface area contributed by atoms with Gasteiger partial charge in [-0.25, -0.2) is 0 Å². The first-order valence-corrected chi connectivity index (χ1v) is 6.05. The molecule has 2 rings (SSSR count). The molecule has 1 heterocycles. The number of aromatic nitrogens is 1. The largest absolute Gasteiger partial charge is 0.324 e. The van der Waals surface area contributed by atoms with Crippen molar-refractivity contribution >= 4 is 0 Å². The quantitative estimate of drug-likeness (QED) is 0.850. The summed E-state index contributed by atoms with van der Waals surface area (Å²) >= 11 is 0. The van der Waals surface area contributed by atoms with Crippen LogP contribution >= 0.6 is 0 Å². The molecule has 0 radical (unpaired) electrons. The predicted molar refractivity (Wildman–Crippen MR) is 70.5 cm³/mol. The van der Waals surface area contributed by atoms with Gasteiger partial charge in [-0.05, 0) is 36.5 Å². The maximum absolute atomic E-state index is 6.14. The van der Waals surface area contributed by atoms with Gasteiger partial charge in [-0.2, -0.15) is 0 Å². The number of hydrogen-bond acceptors (Lipinski definition) is 2. The van der Waals surface area contributed by atoms with E-state index in [9.17, 15) is 0 Å². The first-order valence-electron chi connectivity index (χ1n) is 6.05. The maximum atomic E-state index is 6.14. The van der Waals surface area contributed by atoms with E-state index in [1.54, 1.807) is 6.20 Å². The summed E-state index contributed by atoms with van der Waals surface area (Å²) in [7, 11) is 0. The lowest BCUT2D eigenvalue weighted by Gasteiger charge is -2.11. The fourth-order valence-electron chi connectivity index (χ4n) is 1.94. The molecule has 0 fully saturated rings. The summed E-state index contributed by atoms with van der Waals surface area (Å²) < 4.78 is 0. The zero-order valence-corrected chi connectivity index (χ0v) is 9.92. The van der Waals surface area contributed by atoms with Crippen LogP contribution in [0.1, 0.15) is 30.0 Å². The SMILES string of the molecule is NC(CCCc1cccnc1)c1ccccc1. The van der Waals surface area contributed by atoms with Crippen molar-refractivity contribution in [3.8, 4) is 0 Å². The second-order valence-corrected chi connectivity index (χ2v) is 4.27. The molecule has 1 aromatic heterocycles. The average molecular weight is 226 g/mol. The molecule has 0 saturated heterocycles. The minimum Gasteiger partial charge on any atom is -0.324 e. The second kappa shape index (κ2) is 6.16. The van der Waals surface area contributed by atoms with Crippen LogP contribution < -0.4 is 5.73 Å². The molecule has 2 nitrogen and oxygen atoms in total. The highest BCUT2D eigenvalue weighted by Crippen LogP contribution is 2.16. The van der Waals surface area contributed by atoms with Gasteiger partial charge in [-0.15, -0.1) is 0 Å². The Morgan fingerprint density at radius 1 is 1.06 bits per heavy atom. The topological polar surface area (TPSA) is 38.9 Å². The molecule has 0 saturated carbocycles. The number of rotatable bonds is 5. The lowest BCUT2D eigenvalue weighted by molar-refractivity contribution is 0.611. The fraction of sp³-hybridized carbons (Fsp3) is 0.267. The third-order valence-electron chi connectivity index (χ3n) is 2.93. The summed E-state index contributed by atoms with van der Waals surface area (Å²) in [5, 5.41) is 0. The number of nitrogens with zero attached hydrogens (tertiary/aromatic N) is 1. The number of aryl methyl sites for hydroxylation is 1. The molecule has 0 aliphatic carbocycles. The Bertz CT molecular complexity index is 425. The summed E-state index contributed by atoms with van der Waals surface area (Å²) in [6.45, 7) is 0. The number of benzene rings is 1. The van der Waals surface area contributed by atoms with Crippen molar-refractivity contribution in [3.63, 3.8) is 0 Å². The first kappa shape index (κ1) is 11.8. The molecular formula is C15H18N2. The van der Waals surface area contributed by atoms with Crippen LogP contribution in [0, 0.1) is 0 Å². The number of pyridine rings is 1. The number of nitrogens with two attached hydrogens (primary N) is 1. The Morgan fingerprint density at radius 3 is 2.59 bits per heavy atom. The smallest absolute Gasteiger partial charge is 0.0299 e. The van der Waals surface area contributed by atoms with E-state index in [0.29, 0.717) is 0 Å². The molecule has 2 heteroatoms. The lowest BCUT2D eigenvalue weighted by Crippen LogP contribution is -2.10. The second-order valence-electron chi connectivity index (χ2n) is 4.27.